The molecule has 2 fully saturated rings. The first kappa shape index (κ1) is 18.9. The summed E-state index contributed by atoms with van der Waals surface area (Å²) in [5.41, 5.74) is 1.16. The third-order valence-electron chi connectivity index (χ3n) is 6.48. The van der Waals surface area contributed by atoms with Crippen molar-refractivity contribution in [3.8, 4) is 0 Å². The standard InChI is InChI=1S/C20H30O4/c1-7-12(4)19(23)24-16-9-8-15-18(22)17(21)14(11(2)3)10-20(15,6)13(16)5/h7,13-16,18,22H,2,8-10H2,1,3-6H3/b12-7-/t13-,14+,15+,16+,18-,20+/m0/s1. The molecule has 0 saturated heterocycles. The summed E-state index contributed by atoms with van der Waals surface area (Å²) in [4.78, 5) is 24.6. The summed E-state index contributed by atoms with van der Waals surface area (Å²) < 4.78 is 5.73. The van der Waals surface area contributed by atoms with Crippen molar-refractivity contribution < 1.29 is 19.4 Å². The van der Waals surface area contributed by atoms with Gasteiger partial charge in [-0.05, 0) is 57.3 Å². The van der Waals surface area contributed by atoms with Gasteiger partial charge in [0.15, 0.2) is 5.78 Å². The molecule has 0 aromatic heterocycles. The van der Waals surface area contributed by atoms with E-state index in [0.29, 0.717) is 24.8 Å². The van der Waals surface area contributed by atoms with Crippen molar-refractivity contribution in [3.05, 3.63) is 23.8 Å². The normalized spacial score (nSPS) is 40.0. The van der Waals surface area contributed by atoms with E-state index in [-0.39, 0.29) is 41.0 Å². The van der Waals surface area contributed by atoms with Gasteiger partial charge >= 0.3 is 5.97 Å². The van der Waals surface area contributed by atoms with Crippen molar-refractivity contribution in [3.63, 3.8) is 0 Å². The summed E-state index contributed by atoms with van der Waals surface area (Å²) in [6.45, 7) is 13.5. The Morgan fingerprint density at radius 3 is 2.54 bits per heavy atom. The second-order valence-electron chi connectivity index (χ2n) is 7.84. The lowest BCUT2D eigenvalue weighted by Gasteiger charge is -2.55. The van der Waals surface area contributed by atoms with E-state index < -0.39 is 6.10 Å². The zero-order valence-electron chi connectivity index (χ0n) is 15.5. The van der Waals surface area contributed by atoms with Crippen LogP contribution in [0.2, 0.25) is 0 Å². The van der Waals surface area contributed by atoms with E-state index in [9.17, 15) is 14.7 Å². The Hall–Kier alpha value is -1.42. The minimum atomic E-state index is -0.943. The Balaban J connectivity index is 2.25. The van der Waals surface area contributed by atoms with Crippen molar-refractivity contribution in [2.24, 2.45) is 23.2 Å². The molecule has 2 aliphatic carbocycles. The number of aliphatic hydroxyl groups is 1. The number of allylic oxidation sites excluding steroid dienone is 2. The van der Waals surface area contributed by atoms with Crippen LogP contribution in [0, 0.1) is 23.2 Å². The molecule has 0 aliphatic heterocycles. The van der Waals surface area contributed by atoms with Crippen LogP contribution in [0.25, 0.3) is 0 Å². The van der Waals surface area contributed by atoms with Gasteiger partial charge in [0.05, 0.1) is 0 Å². The number of hydrogen-bond acceptors (Lipinski definition) is 4. The number of carbonyl (C=O) groups excluding carboxylic acids is 2. The number of rotatable bonds is 3. The Kier molecular flexibility index (Phi) is 5.38. The zero-order valence-corrected chi connectivity index (χ0v) is 15.5. The summed E-state index contributed by atoms with van der Waals surface area (Å²) in [6.07, 6.45) is 2.68. The lowest BCUT2D eigenvalue weighted by Crippen LogP contribution is -2.57. The first-order chi connectivity index (χ1) is 11.1. The van der Waals surface area contributed by atoms with Gasteiger partial charge in [-0.3, -0.25) is 4.79 Å². The van der Waals surface area contributed by atoms with Crippen LogP contribution in [0.5, 0.6) is 0 Å². The van der Waals surface area contributed by atoms with E-state index in [1.165, 1.54) is 0 Å². The Labute approximate surface area is 145 Å². The van der Waals surface area contributed by atoms with E-state index in [2.05, 4.69) is 20.4 Å². The maximum absolute atomic E-state index is 12.5. The first-order valence-corrected chi connectivity index (χ1v) is 8.84. The van der Waals surface area contributed by atoms with Gasteiger partial charge < -0.3 is 9.84 Å². The molecule has 0 bridgehead atoms. The highest BCUT2D eigenvalue weighted by Gasteiger charge is 2.56. The van der Waals surface area contributed by atoms with E-state index in [1.807, 2.05) is 13.8 Å². The maximum atomic E-state index is 12.5. The topological polar surface area (TPSA) is 63.6 Å². The Morgan fingerprint density at radius 2 is 2.00 bits per heavy atom. The number of carbonyl (C=O) groups is 2. The highest BCUT2D eigenvalue weighted by atomic mass is 16.5. The van der Waals surface area contributed by atoms with E-state index in [4.69, 9.17) is 4.74 Å². The van der Waals surface area contributed by atoms with Gasteiger partial charge in [-0.25, -0.2) is 4.79 Å². The van der Waals surface area contributed by atoms with Crippen LogP contribution in [-0.4, -0.2) is 29.1 Å². The van der Waals surface area contributed by atoms with Gasteiger partial charge in [-0.15, -0.1) is 0 Å². The molecule has 4 heteroatoms. The van der Waals surface area contributed by atoms with E-state index in [0.717, 1.165) is 5.57 Å². The molecule has 2 aliphatic rings. The quantitative estimate of drug-likeness (QED) is 0.488. The highest BCUT2D eigenvalue weighted by Crippen LogP contribution is 2.55. The highest BCUT2D eigenvalue weighted by molar-refractivity contribution is 5.89. The predicted molar refractivity (Wildman–Crippen MR) is 93.2 cm³/mol. The number of esters is 1. The minimum absolute atomic E-state index is 0.0756. The van der Waals surface area contributed by atoms with Crippen LogP contribution < -0.4 is 0 Å². The first-order valence-electron chi connectivity index (χ1n) is 8.84. The summed E-state index contributed by atoms with van der Waals surface area (Å²) >= 11 is 0. The fourth-order valence-corrected chi connectivity index (χ4v) is 4.41. The molecule has 0 heterocycles. The predicted octanol–water partition coefficient (Wildman–Crippen LogP) is 3.44. The summed E-state index contributed by atoms with van der Waals surface area (Å²) in [7, 11) is 0. The molecular formula is C20H30O4. The molecule has 0 aromatic rings. The second kappa shape index (κ2) is 6.83. The van der Waals surface area contributed by atoms with Gasteiger partial charge in [-0.1, -0.05) is 32.1 Å². The number of aliphatic hydroxyl groups excluding tert-OH is 1. The molecule has 0 radical (unpaired) electrons. The molecule has 6 atom stereocenters. The lowest BCUT2D eigenvalue weighted by atomic mass is 9.51. The fourth-order valence-electron chi connectivity index (χ4n) is 4.41. The van der Waals surface area contributed by atoms with Crippen LogP contribution in [0.4, 0.5) is 0 Å². The van der Waals surface area contributed by atoms with Gasteiger partial charge in [0.2, 0.25) is 0 Å². The largest absolute Gasteiger partial charge is 0.459 e. The molecule has 2 saturated carbocycles. The molecule has 0 amide bonds. The molecule has 1 N–H and O–H groups in total. The fraction of sp³-hybridized carbons (Fsp3) is 0.700. The Morgan fingerprint density at radius 1 is 1.38 bits per heavy atom. The van der Waals surface area contributed by atoms with Crippen molar-refractivity contribution in [1.29, 1.82) is 0 Å². The number of Topliss-reactive ketones (excluding diaryl/α,β-unsaturated/α-hetero) is 1. The Bertz CT molecular complexity index is 576. The molecular weight excluding hydrogens is 304 g/mol. The summed E-state index contributed by atoms with van der Waals surface area (Å²) in [6, 6.07) is 0. The molecule has 134 valence electrons. The molecule has 0 aromatic carbocycles. The van der Waals surface area contributed by atoms with E-state index in [1.54, 1.807) is 13.0 Å². The smallest absolute Gasteiger partial charge is 0.333 e. The third-order valence-corrected chi connectivity index (χ3v) is 6.48. The van der Waals surface area contributed by atoms with Crippen molar-refractivity contribution in [2.75, 3.05) is 0 Å². The molecule has 2 rings (SSSR count). The average Bonchev–Trinajstić information content (AvgIpc) is 2.54. The monoisotopic (exact) mass is 334 g/mol. The average molecular weight is 334 g/mol. The summed E-state index contributed by atoms with van der Waals surface area (Å²) in [5, 5.41) is 10.6. The van der Waals surface area contributed by atoms with Gasteiger partial charge in [0, 0.05) is 11.5 Å². The maximum Gasteiger partial charge on any atom is 0.333 e. The van der Waals surface area contributed by atoms with Crippen molar-refractivity contribution >= 4 is 11.8 Å². The lowest BCUT2D eigenvalue weighted by molar-refractivity contribution is -0.173. The van der Waals surface area contributed by atoms with Crippen LogP contribution in [0.1, 0.15) is 53.9 Å². The van der Waals surface area contributed by atoms with Gasteiger partial charge in [0.25, 0.3) is 0 Å². The van der Waals surface area contributed by atoms with Gasteiger partial charge in [-0.2, -0.15) is 0 Å². The van der Waals surface area contributed by atoms with Crippen LogP contribution in [0.15, 0.2) is 23.8 Å². The van der Waals surface area contributed by atoms with Crippen LogP contribution in [-0.2, 0) is 14.3 Å². The zero-order chi connectivity index (χ0) is 18.2. The van der Waals surface area contributed by atoms with Crippen molar-refractivity contribution in [1.82, 2.24) is 0 Å². The molecule has 0 unspecified atom stereocenters. The number of fused-ring (bicyclic) bond motifs is 1. The van der Waals surface area contributed by atoms with Crippen LogP contribution in [0.3, 0.4) is 0 Å². The summed E-state index contributed by atoms with van der Waals surface area (Å²) in [5.74, 6) is -0.684. The number of ketones is 1. The SMILES string of the molecule is C=C(C)[C@H]1C[C@@]2(C)[C@H](CC[C@@H](OC(=O)/C(C)=C\C)[C@@H]2C)[C@H](O)C1=O. The number of ether oxygens (including phenoxy) is 1. The van der Waals surface area contributed by atoms with E-state index >= 15 is 0 Å². The van der Waals surface area contributed by atoms with Gasteiger partial charge in [0.1, 0.15) is 12.2 Å². The second-order valence-corrected chi connectivity index (χ2v) is 7.84. The third kappa shape index (κ3) is 3.08. The van der Waals surface area contributed by atoms with Crippen LogP contribution >= 0.6 is 0 Å². The van der Waals surface area contributed by atoms with Crippen molar-refractivity contribution in [2.45, 2.75) is 66.1 Å². The molecule has 4 nitrogen and oxygen atoms in total. The molecule has 0 spiro atoms. The minimum Gasteiger partial charge on any atom is -0.459 e. The molecule has 24 heavy (non-hydrogen) atoms. The number of hydrogen-bond donors (Lipinski definition) is 1.